The summed E-state index contributed by atoms with van der Waals surface area (Å²) in [5.74, 6) is 2.38. The van der Waals surface area contributed by atoms with E-state index in [9.17, 15) is 5.11 Å². The normalized spacial score (nSPS) is 16.9. The van der Waals surface area contributed by atoms with Crippen LogP contribution < -0.4 is 10.2 Å². The highest BCUT2D eigenvalue weighted by Gasteiger charge is 2.21. The van der Waals surface area contributed by atoms with E-state index in [-0.39, 0.29) is 11.8 Å². The molecular formula is C20H22N6O. The molecule has 0 radical (unpaired) electrons. The smallest absolute Gasteiger partial charge is 0.165 e. The van der Waals surface area contributed by atoms with Crippen molar-refractivity contribution in [3.8, 4) is 17.1 Å². The van der Waals surface area contributed by atoms with Crippen molar-refractivity contribution in [3.63, 3.8) is 0 Å². The molecule has 3 heterocycles. The van der Waals surface area contributed by atoms with Crippen molar-refractivity contribution in [2.24, 2.45) is 0 Å². The van der Waals surface area contributed by atoms with E-state index in [1.165, 1.54) is 0 Å². The minimum atomic E-state index is 0.181. The van der Waals surface area contributed by atoms with E-state index in [1.54, 1.807) is 30.7 Å². The van der Waals surface area contributed by atoms with Gasteiger partial charge in [-0.05, 0) is 31.9 Å². The van der Waals surface area contributed by atoms with Gasteiger partial charge in [0.05, 0.1) is 11.8 Å². The third-order valence-corrected chi connectivity index (χ3v) is 4.65. The number of aromatic nitrogens is 4. The zero-order chi connectivity index (χ0) is 18.6. The number of phenols is 1. The number of aromatic hydroxyl groups is 1. The quantitative estimate of drug-likeness (QED) is 0.737. The van der Waals surface area contributed by atoms with Gasteiger partial charge < -0.3 is 15.3 Å². The Morgan fingerprint density at radius 2 is 2.07 bits per heavy atom. The van der Waals surface area contributed by atoms with Gasteiger partial charge in [-0.1, -0.05) is 12.1 Å². The van der Waals surface area contributed by atoms with E-state index in [1.807, 2.05) is 25.1 Å². The fraction of sp³-hybridized carbons (Fsp3) is 0.300. The number of para-hydroxylation sites is 1. The van der Waals surface area contributed by atoms with Crippen molar-refractivity contribution in [2.75, 3.05) is 23.3 Å². The second-order valence-electron chi connectivity index (χ2n) is 6.73. The predicted octanol–water partition coefficient (Wildman–Crippen LogP) is 3.03. The van der Waals surface area contributed by atoms with Gasteiger partial charge >= 0.3 is 0 Å². The van der Waals surface area contributed by atoms with Gasteiger partial charge in [0, 0.05) is 43.3 Å². The molecule has 27 heavy (non-hydrogen) atoms. The summed E-state index contributed by atoms with van der Waals surface area (Å²) in [6, 6.07) is 9.32. The molecule has 1 aromatic carbocycles. The average Bonchev–Trinajstić information content (AvgIpc) is 2.69. The molecule has 0 unspecified atom stereocenters. The van der Waals surface area contributed by atoms with Gasteiger partial charge in [-0.25, -0.2) is 15.0 Å². The van der Waals surface area contributed by atoms with Crippen molar-refractivity contribution >= 4 is 11.6 Å². The number of anilines is 2. The zero-order valence-corrected chi connectivity index (χ0v) is 15.2. The van der Waals surface area contributed by atoms with E-state index in [2.05, 4.69) is 30.2 Å². The Morgan fingerprint density at radius 3 is 2.89 bits per heavy atom. The van der Waals surface area contributed by atoms with Crippen LogP contribution >= 0.6 is 0 Å². The highest BCUT2D eigenvalue weighted by atomic mass is 16.3. The SMILES string of the molecule is Cc1cc(N[C@H]2CCCN(c3cnccn3)C2)nc(-c2ccccc2O)n1. The van der Waals surface area contributed by atoms with Crippen LogP contribution in [0.15, 0.2) is 48.9 Å². The highest BCUT2D eigenvalue weighted by Crippen LogP contribution is 2.27. The first-order valence-corrected chi connectivity index (χ1v) is 9.10. The van der Waals surface area contributed by atoms with E-state index < -0.39 is 0 Å². The predicted molar refractivity (Wildman–Crippen MR) is 105 cm³/mol. The summed E-state index contributed by atoms with van der Waals surface area (Å²) >= 11 is 0. The monoisotopic (exact) mass is 362 g/mol. The van der Waals surface area contributed by atoms with Crippen LogP contribution in [0.4, 0.5) is 11.6 Å². The Labute approximate surface area is 158 Å². The van der Waals surface area contributed by atoms with E-state index in [0.717, 1.165) is 43.3 Å². The summed E-state index contributed by atoms with van der Waals surface area (Å²) in [6.07, 6.45) is 7.34. The van der Waals surface area contributed by atoms with Crippen LogP contribution in [0.25, 0.3) is 11.4 Å². The molecule has 0 aliphatic carbocycles. The van der Waals surface area contributed by atoms with Gasteiger partial charge in [0.25, 0.3) is 0 Å². The molecule has 7 nitrogen and oxygen atoms in total. The van der Waals surface area contributed by atoms with Crippen molar-refractivity contribution < 1.29 is 5.11 Å². The van der Waals surface area contributed by atoms with Crippen molar-refractivity contribution in [2.45, 2.75) is 25.8 Å². The van der Waals surface area contributed by atoms with Crippen LogP contribution in [0.5, 0.6) is 5.75 Å². The molecule has 0 spiro atoms. The molecule has 2 N–H and O–H groups in total. The fourth-order valence-electron chi connectivity index (χ4n) is 3.39. The van der Waals surface area contributed by atoms with Gasteiger partial charge in [-0.2, -0.15) is 0 Å². The van der Waals surface area contributed by atoms with Gasteiger partial charge in [-0.15, -0.1) is 0 Å². The number of aryl methyl sites for hydroxylation is 1. The molecule has 1 aliphatic rings. The first-order chi connectivity index (χ1) is 13.2. The zero-order valence-electron chi connectivity index (χ0n) is 15.2. The summed E-state index contributed by atoms with van der Waals surface area (Å²) in [5.41, 5.74) is 1.49. The number of hydrogen-bond donors (Lipinski definition) is 2. The number of rotatable bonds is 4. The van der Waals surface area contributed by atoms with Crippen molar-refractivity contribution in [1.82, 2.24) is 19.9 Å². The summed E-state index contributed by atoms with van der Waals surface area (Å²) in [5, 5.41) is 13.6. The standard InChI is InChI=1S/C20H22N6O/c1-14-11-18(25-20(23-14)16-6-2-3-7-17(16)27)24-15-5-4-10-26(13-15)19-12-21-8-9-22-19/h2-3,6-9,11-12,15,27H,4-5,10,13H2,1H3,(H,23,24,25)/t15-/m0/s1. The third-order valence-electron chi connectivity index (χ3n) is 4.65. The van der Waals surface area contributed by atoms with Crippen molar-refractivity contribution in [1.29, 1.82) is 0 Å². The van der Waals surface area contributed by atoms with Crippen LogP contribution in [0.2, 0.25) is 0 Å². The molecule has 1 aliphatic heterocycles. The summed E-state index contributed by atoms with van der Waals surface area (Å²) in [4.78, 5) is 19.9. The lowest BCUT2D eigenvalue weighted by Gasteiger charge is -2.34. The molecule has 3 aromatic rings. The largest absolute Gasteiger partial charge is 0.507 e. The summed E-state index contributed by atoms with van der Waals surface area (Å²) in [6.45, 7) is 3.75. The maximum absolute atomic E-state index is 10.1. The molecule has 0 amide bonds. The van der Waals surface area contributed by atoms with Crippen LogP contribution in [0, 0.1) is 6.92 Å². The molecule has 2 aromatic heterocycles. The van der Waals surface area contributed by atoms with Crippen molar-refractivity contribution in [3.05, 3.63) is 54.6 Å². The maximum Gasteiger partial charge on any atom is 0.165 e. The minimum Gasteiger partial charge on any atom is -0.507 e. The lowest BCUT2D eigenvalue weighted by Crippen LogP contribution is -2.42. The number of benzene rings is 1. The number of piperidine rings is 1. The Hall–Kier alpha value is -3.22. The van der Waals surface area contributed by atoms with Crippen LogP contribution in [0.1, 0.15) is 18.5 Å². The lowest BCUT2D eigenvalue weighted by molar-refractivity contribution is 0.477. The molecule has 7 heteroatoms. The summed E-state index contributed by atoms with van der Waals surface area (Å²) < 4.78 is 0. The van der Waals surface area contributed by atoms with E-state index in [4.69, 9.17) is 0 Å². The topological polar surface area (TPSA) is 87.1 Å². The molecule has 138 valence electrons. The molecule has 4 rings (SSSR count). The second kappa shape index (κ2) is 7.57. The molecule has 1 saturated heterocycles. The third kappa shape index (κ3) is 3.97. The first-order valence-electron chi connectivity index (χ1n) is 9.10. The Bertz CT molecular complexity index is 917. The lowest BCUT2D eigenvalue weighted by atomic mass is 10.1. The fourth-order valence-corrected chi connectivity index (χ4v) is 3.39. The molecule has 1 fully saturated rings. The van der Waals surface area contributed by atoms with Gasteiger partial charge in [0.15, 0.2) is 5.82 Å². The number of phenolic OH excluding ortho intramolecular Hbond substituents is 1. The number of nitrogens with one attached hydrogen (secondary N) is 1. The molecule has 0 saturated carbocycles. The Balaban J connectivity index is 1.53. The van der Waals surface area contributed by atoms with E-state index >= 15 is 0 Å². The first kappa shape index (κ1) is 17.2. The highest BCUT2D eigenvalue weighted by molar-refractivity contribution is 5.65. The molecule has 0 bridgehead atoms. The van der Waals surface area contributed by atoms with E-state index in [0.29, 0.717) is 11.4 Å². The van der Waals surface area contributed by atoms with Gasteiger partial charge in [0.2, 0.25) is 0 Å². The summed E-state index contributed by atoms with van der Waals surface area (Å²) in [7, 11) is 0. The van der Waals surface area contributed by atoms with Gasteiger partial charge in [-0.3, -0.25) is 4.98 Å². The second-order valence-corrected chi connectivity index (χ2v) is 6.73. The number of nitrogens with zero attached hydrogens (tertiary/aromatic N) is 5. The maximum atomic E-state index is 10.1. The average molecular weight is 362 g/mol. The van der Waals surface area contributed by atoms with Crippen LogP contribution in [-0.2, 0) is 0 Å². The minimum absolute atomic E-state index is 0.181. The Morgan fingerprint density at radius 1 is 1.19 bits per heavy atom. The number of hydrogen-bond acceptors (Lipinski definition) is 7. The molecular weight excluding hydrogens is 340 g/mol. The van der Waals surface area contributed by atoms with Crippen LogP contribution in [-0.4, -0.2) is 44.2 Å². The van der Waals surface area contributed by atoms with Gasteiger partial charge in [0.1, 0.15) is 17.4 Å². The Kier molecular flexibility index (Phi) is 4.82. The van der Waals surface area contributed by atoms with Crippen LogP contribution in [0.3, 0.4) is 0 Å². The molecule has 1 atom stereocenters.